The SMILES string of the molecule is CO[C@H]1CC[C@H](C(C)C)C1. The summed E-state index contributed by atoms with van der Waals surface area (Å²) in [5, 5.41) is 0. The zero-order valence-corrected chi connectivity index (χ0v) is 7.26. The lowest BCUT2D eigenvalue weighted by Gasteiger charge is -2.13. The second kappa shape index (κ2) is 3.38. The molecule has 0 saturated heterocycles. The highest BCUT2D eigenvalue weighted by molar-refractivity contribution is 4.77. The summed E-state index contributed by atoms with van der Waals surface area (Å²) in [6, 6.07) is 0. The van der Waals surface area contributed by atoms with E-state index in [9.17, 15) is 0 Å². The Kier molecular flexibility index (Phi) is 2.72. The highest BCUT2D eigenvalue weighted by Crippen LogP contribution is 2.32. The Labute approximate surface area is 63.8 Å². The van der Waals surface area contributed by atoms with Crippen LogP contribution in [0.2, 0.25) is 0 Å². The largest absolute Gasteiger partial charge is 0.381 e. The van der Waals surface area contributed by atoms with Crippen molar-refractivity contribution in [2.45, 2.75) is 39.2 Å². The normalized spacial score (nSPS) is 33.6. The van der Waals surface area contributed by atoms with E-state index in [0.29, 0.717) is 6.10 Å². The van der Waals surface area contributed by atoms with Gasteiger partial charge in [-0.3, -0.25) is 0 Å². The van der Waals surface area contributed by atoms with Crippen molar-refractivity contribution in [3.8, 4) is 0 Å². The Morgan fingerprint density at radius 3 is 2.30 bits per heavy atom. The molecule has 0 spiro atoms. The summed E-state index contributed by atoms with van der Waals surface area (Å²) in [7, 11) is 1.83. The van der Waals surface area contributed by atoms with Gasteiger partial charge in [-0.1, -0.05) is 13.8 Å². The molecule has 0 radical (unpaired) electrons. The molecule has 0 unspecified atom stereocenters. The predicted molar refractivity (Wildman–Crippen MR) is 43.0 cm³/mol. The van der Waals surface area contributed by atoms with Gasteiger partial charge in [0.2, 0.25) is 0 Å². The lowest BCUT2D eigenvalue weighted by Crippen LogP contribution is -2.08. The number of hydrogen-bond donors (Lipinski definition) is 0. The quantitative estimate of drug-likeness (QED) is 0.575. The molecule has 0 bridgehead atoms. The molecule has 0 aromatic rings. The van der Waals surface area contributed by atoms with E-state index in [0.717, 1.165) is 11.8 Å². The van der Waals surface area contributed by atoms with E-state index in [2.05, 4.69) is 13.8 Å². The molecule has 60 valence electrons. The molecule has 0 aliphatic heterocycles. The Morgan fingerprint density at radius 1 is 1.30 bits per heavy atom. The Balaban J connectivity index is 2.28. The van der Waals surface area contributed by atoms with Crippen LogP contribution in [0.3, 0.4) is 0 Å². The van der Waals surface area contributed by atoms with Crippen molar-refractivity contribution in [1.82, 2.24) is 0 Å². The zero-order valence-electron chi connectivity index (χ0n) is 7.26. The van der Waals surface area contributed by atoms with Crippen LogP contribution in [0, 0.1) is 11.8 Å². The van der Waals surface area contributed by atoms with Gasteiger partial charge in [-0.2, -0.15) is 0 Å². The van der Waals surface area contributed by atoms with E-state index in [4.69, 9.17) is 4.74 Å². The number of rotatable bonds is 2. The minimum Gasteiger partial charge on any atom is -0.381 e. The summed E-state index contributed by atoms with van der Waals surface area (Å²) in [5.41, 5.74) is 0. The molecule has 1 heteroatoms. The number of hydrogen-bond acceptors (Lipinski definition) is 1. The van der Waals surface area contributed by atoms with Crippen LogP contribution in [-0.2, 0) is 4.74 Å². The smallest absolute Gasteiger partial charge is 0.0574 e. The van der Waals surface area contributed by atoms with E-state index < -0.39 is 0 Å². The minimum atomic E-state index is 0.562. The maximum Gasteiger partial charge on any atom is 0.0574 e. The highest BCUT2D eigenvalue weighted by atomic mass is 16.5. The molecular formula is C9H18O. The predicted octanol–water partition coefficient (Wildman–Crippen LogP) is 2.46. The van der Waals surface area contributed by atoms with Gasteiger partial charge in [0.05, 0.1) is 6.10 Å². The fourth-order valence-corrected chi connectivity index (χ4v) is 1.79. The molecule has 0 heterocycles. The van der Waals surface area contributed by atoms with Gasteiger partial charge in [-0.05, 0) is 31.1 Å². The minimum absolute atomic E-state index is 0.562. The summed E-state index contributed by atoms with van der Waals surface area (Å²) in [5.74, 6) is 1.77. The summed E-state index contributed by atoms with van der Waals surface area (Å²) < 4.78 is 5.29. The van der Waals surface area contributed by atoms with Gasteiger partial charge in [-0.15, -0.1) is 0 Å². The maximum absolute atomic E-state index is 5.29. The van der Waals surface area contributed by atoms with Crippen molar-refractivity contribution in [2.24, 2.45) is 11.8 Å². The Morgan fingerprint density at radius 2 is 2.00 bits per heavy atom. The standard InChI is InChI=1S/C9H18O/c1-7(2)8-4-5-9(6-8)10-3/h7-9H,4-6H2,1-3H3/t8-,9-/m0/s1. The van der Waals surface area contributed by atoms with Gasteiger partial charge >= 0.3 is 0 Å². The van der Waals surface area contributed by atoms with Crippen molar-refractivity contribution < 1.29 is 4.74 Å². The lowest BCUT2D eigenvalue weighted by atomic mass is 9.95. The van der Waals surface area contributed by atoms with Crippen LogP contribution in [0.4, 0.5) is 0 Å². The van der Waals surface area contributed by atoms with E-state index in [-0.39, 0.29) is 0 Å². The van der Waals surface area contributed by atoms with Gasteiger partial charge in [0.15, 0.2) is 0 Å². The zero-order chi connectivity index (χ0) is 7.56. The molecule has 0 amide bonds. The third-order valence-electron chi connectivity index (χ3n) is 2.70. The van der Waals surface area contributed by atoms with Crippen LogP contribution in [0.15, 0.2) is 0 Å². The van der Waals surface area contributed by atoms with Crippen LogP contribution in [-0.4, -0.2) is 13.2 Å². The Hall–Kier alpha value is -0.0400. The molecule has 1 rings (SSSR count). The van der Waals surface area contributed by atoms with E-state index in [1.807, 2.05) is 7.11 Å². The first-order valence-corrected chi connectivity index (χ1v) is 4.26. The highest BCUT2D eigenvalue weighted by Gasteiger charge is 2.26. The Bertz CT molecular complexity index is 98.9. The third-order valence-corrected chi connectivity index (χ3v) is 2.70. The fraction of sp³-hybridized carbons (Fsp3) is 1.00. The van der Waals surface area contributed by atoms with Crippen molar-refractivity contribution in [2.75, 3.05) is 7.11 Å². The number of methoxy groups -OCH3 is 1. The van der Waals surface area contributed by atoms with Crippen LogP contribution in [0.25, 0.3) is 0 Å². The van der Waals surface area contributed by atoms with Crippen molar-refractivity contribution in [1.29, 1.82) is 0 Å². The monoisotopic (exact) mass is 142 g/mol. The van der Waals surface area contributed by atoms with Gasteiger partial charge in [0, 0.05) is 7.11 Å². The van der Waals surface area contributed by atoms with E-state index >= 15 is 0 Å². The average Bonchev–Trinajstić information content (AvgIpc) is 2.34. The first-order chi connectivity index (χ1) is 4.74. The molecule has 10 heavy (non-hydrogen) atoms. The molecular weight excluding hydrogens is 124 g/mol. The first kappa shape index (κ1) is 8.06. The number of ether oxygens (including phenoxy) is 1. The summed E-state index contributed by atoms with van der Waals surface area (Å²) in [4.78, 5) is 0. The van der Waals surface area contributed by atoms with Gasteiger partial charge < -0.3 is 4.74 Å². The summed E-state index contributed by atoms with van der Waals surface area (Å²) in [6.45, 7) is 4.62. The van der Waals surface area contributed by atoms with E-state index in [1.54, 1.807) is 0 Å². The molecule has 2 atom stereocenters. The van der Waals surface area contributed by atoms with Crippen molar-refractivity contribution in [3.05, 3.63) is 0 Å². The van der Waals surface area contributed by atoms with Crippen LogP contribution in [0.1, 0.15) is 33.1 Å². The van der Waals surface area contributed by atoms with Crippen LogP contribution >= 0.6 is 0 Å². The second-order valence-corrected chi connectivity index (χ2v) is 3.67. The average molecular weight is 142 g/mol. The lowest BCUT2D eigenvalue weighted by molar-refractivity contribution is 0.103. The molecule has 1 saturated carbocycles. The third kappa shape index (κ3) is 1.72. The maximum atomic E-state index is 5.29. The van der Waals surface area contributed by atoms with Gasteiger partial charge in [0.25, 0.3) is 0 Å². The summed E-state index contributed by atoms with van der Waals surface area (Å²) >= 11 is 0. The molecule has 0 aromatic carbocycles. The molecule has 1 aliphatic rings. The second-order valence-electron chi connectivity index (χ2n) is 3.67. The molecule has 1 nitrogen and oxygen atoms in total. The molecule has 0 aromatic heterocycles. The molecule has 1 aliphatic carbocycles. The van der Waals surface area contributed by atoms with Crippen molar-refractivity contribution in [3.63, 3.8) is 0 Å². The summed E-state index contributed by atoms with van der Waals surface area (Å²) in [6.07, 6.45) is 4.50. The van der Waals surface area contributed by atoms with E-state index in [1.165, 1.54) is 19.3 Å². The van der Waals surface area contributed by atoms with Gasteiger partial charge in [0.1, 0.15) is 0 Å². The molecule has 1 fully saturated rings. The molecule has 0 N–H and O–H groups in total. The first-order valence-electron chi connectivity index (χ1n) is 4.26. The van der Waals surface area contributed by atoms with Crippen LogP contribution < -0.4 is 0 Å². The van der Waals surface area contributed by atoms with Gasteiger partial charge in [-0.25, -0.2) is 0 Å². The van der Waals surface area contributed by atoms with Crippen LogP contribution in [0.5, 0.6) is 0 Å². The van der Waals surface area contributed by atoms with Crippen molar-refractivity contribution >= 4 is 0 Å². The topological polar surface area (TPSA) is 9.23 Å². The fourth-order valence-electron chi connectivity index (χ4n) is 1.79.